The molecule has 0 saturated carbocycles. The Bertz CT molecular complexity index is 1800. The van der Waals surface area contributed by atoms with Gasteiger partial charge in [-0.25, -0.2) is 19.0 Å². The predicted molar refractivity (Wildman–Crippen MR) is 183 cm³/mol. The lowest BCUT2D eigenvalue weighted by Crippen LogP contribution is -2.53. The zero-order chi connectivity index (χ0) is 34.5. The van der Waals surface area contributed by atoms with E-state index in [0.717, 1.165) is 25.9 Å². The molecule has 49 heavy (non-hydrogen) atoms. The molecule has 12 heteroatoms. The summed E-state index contributed by atoms with van der Waals surface area (Å²) in [6, 6.07) is 17.8. The number of esters is 1. The molecule has 3 aliphatic rings. The molecule has 7 rings (SSSR count). The summed E-state index contributed by atoms with van der Waals surface area (Å²) >= 11 is 13.0. The van der Waals surface area contributed by atoms with Crippen molar-refractivity contribution in [3.05, 3.63) is 117 Å². The summed E-state index contributed by atoms with van der Waals surface area (Å²) < 4.78 is 37.4. The Kier molecular flexibility index (Phi) is 10.9. The van der Waals surface area contributed by atoms with Gasteiger partial charge in [-0.05, 0) is 85.4 Å². The standard InChI is InChI=1S/C37H36Cl2FN3O6/c1-46-32-10-9-25(16-34(32)47-2)33(18-29-30(38)19-41-20-31(29)39)48-36(44)26-6-3-5-23(15-26)21-43(28-8-4-7-27(40)17-28)37(45)49-35-22-42-13-11-24(35)12-14-42/h3-10,15-17,19-20,24,33,35H,11-14,18,21-22H2,1-2H3/p+1/t33-,35-/m0/s1. The number of aromatic nitrogens is 1. The number of hydrogen-bond donors (Lipinski definition) is 0. The van der Waals surface area contributed by atoms with Crippen LogP contribution in [-0.4, -0.2) is 56.9 Å². The van der Waals surface area contributed by atoms with Crippen molar-refractivity contribution in [1.82, 2.24) is 4.90 Å². The highest BCUT2D eigenvalue weighted by molar-refractivity contribution is 6.35. The fourth-order valence-electron chi connectivity index (χ4n) is 6.46. The molecule has 3 saturated heterocycles. The topological polar surface area (TPSA) is 91.7 Å². The lowest BCUT2D eigenvalue weighted by molar-refractivity contribution is -0.377. The Morgan fingerprint density at radius 2 is 1.69 bits per heavy atom. The minimum Gasteiger partial charge on any atom is -0.493 e. The number of amides is 1. The van der Waals surface area contributed by atoms with Crippen molar-refractivity contribution in [3.8, 4) is 11.5 Å². The molecule has 3 aliphatic heterocycles. The number of methoxy groups -OCH3 is 2. The van der Waals surface area contributed by atoms with Crippen LogP contribution in [0.3, 0.4) is 0 Å². The number of carbonyl (C=O) groups excluding carboxylic acids is 2. The number of hydrogen-bond acceptors (Lipinski definition) is 7. The molecule has 9 nitrogen and oxygen atoms in total. The number of nitrogens with one attached hydrogen (secondary N) is 1. The van der Waals surface area contributed by atoms with Gasteiger partial charge >= 0.3 is 12.1 Å². The van der Waals surface area contributed by atoms with Crippen LogP contribution >= 0.6 is 23.2 Å². The van der Waals surface area contributed by atoms with E-state index in [9.17, 15) is 14.0 Å². The number of benzene rings is 3. The van der Waals surface area contributed by atoms with Crippen molar-refractivity contribution >= 4 is 41.0 Å². The molecule has 2 atom stereocenters. The first-order valence-electron chi connectivity index (χ1n) is 16.0. The second-order valence-corrected chi connectivity index (χ2v) is 13.0. The number of ether oxygens (including phenoxy) is 4. The van der Waals surface area contributed by atoms with Gasteiger partial charge in [0.05, 0.1) is 32.0 Å². The van der Waals surface area contributed by atoms with Crippen LogP contribution in [0.1, 0.15) is 46.0 Å². The largest absolute Gasteiger partial charge is 0.493 e. The molecule has 0 radical (unpaired) electrons. The van der Waals surface area contributed by atoms with Crippen LogP contribution in [0.2, 0.25) is 10.0 Å². The highest BCUT2D eigenvalue weighted by Gasteiger charge is 2.37. The lowest BCUT2D eigenvalue weighted by atomic mass is 9.86. The van der Waals surface area contributed by atoms with Crippen LogP contribution in [0, 0.1) is 11.7 Å². The summed E-state index contributed by atoms with van der Waals surface area (Å²) in [6.07, 6.45) is 3.73. The number of carbonyl (C=O) groups is 2. The van der Waals surface area contributed by atoms with E-state index >= 15 is 0 Å². The van der Waals surface area contributed by atoms with Gasteiger partial charge in [-0.3, -0.25) is 9.80 Å². The summed E-state index contributed by atoms with van der Waals surface area (Å²) in [6.45, 7) is 2.74. The summed E-state index contributed by atoms with van der Waals surface area (Å²) in [7, 11) is 3.06. The number of aromatic amines is 1. The van der Waals surface area contributed by atoms with E-state index in [2.05, 4.69) is 9.88 Å². The molecular weight excluding hydrogens is 672 g/mol. The third-order valence-electron chi connectivity index (χ3n) is 9.11. The third-order valence-corrected chi connectivity index (χ3v) is 9.78. The first-order chi connectivity index (χ1) is 23.7. The van der Waals surface area contributed by atoms with E-state index in [-0.39, 0.29) is 24.6 Å². The number of pyridine rings is 1. The number of piperidine rings is 3. The number of nitrogens with zero attached hydrogens (tertiary/aromatic N) is 2. The summed E-state index contributed by atoms with van der Waals surface area (Å²) in [5, 5.41) is 0.775. The Balaban J connectivity index is 1.25. The summed E-state index contributed by atoms with van der Waals surface area (Å²) in [5.41, 5.74) is 2.45. The van der Waals surface area contributed by atoms with Crippen molar-refractivity contribution < 1.29 is 37.9 Å². The van der Waals surface area contributed by atoms with Gasteiger partial charge in [0.2, 0.25) is 0 Å². The van der Waals surface area contributed by atoms with Gasteiger partial charge < -0.3 is 18.9 Å². The second-order valence-electron chi connectivity index (χ2n) is 12.2. The van der Waals surface area contributed by atoms with Crippen molar-refractivity contribution in [2.45, 2.75) is 38.0 Å². The number of fused-ring (bicyclic) bond motifs is 3. The average molecular weight is 710 g/mol. The van der Waals surface area contributed by atoms with Crippen LogP contribution in [0.25, 0.3) is 0 Å². The molecule has 0 spiro atoms. The fraction of sp³-hybridized carbons (Fsp3) is 0.324. The highest BCUT2D eigenvalue weighted by Crippen LogP contribution is 2.36. The molecule has 2 bridgehead atoms. The molecular formula is C37H37Cl2FN3O6+. The number of anilines is 1. The molecule has 1 aromatic heterocycles. The van der Waals surface area contributed by atoms with Crippen LogP contribution in [0.4, 0.5) is 14.9 Å². The Labute approximate surface area is 294 Å². The SMILES string of the molecule is COc1ccc([C@H](Cc2c(Cl)c[nH+]cc2Cl)OC(=O)c2cccc(CN(C(=O)O[C@H]3CN4CCC3CC4)c3cccc(F)c3)c2)cc1OC. The number of H-pyrrole nitrogens is 1. The van der Waals surface area contributed by atoms with E-state index in [4.69, 9.17) is 42.1 Å². The first kappa shape index (κ1) is 34.5. The average Bonchev–Trinajstić information content (AvgIpc) is 3.12. The minimum atomic E-state index is -0.811. The molecule has 4 aromatic rings. The van der Waals surface area contributed by atoms with Crippen molar-refractivity contribution in [1.29, 1.82) is 0 Å². The minimum absolute atomic E-state index is 0.0370. The van der Waals surface area contributed by atoms with Crippen molar-refractivity contribution in [3.63, 3.8) is 0 Å². The molecule has 256 valence electrons. The molecule has 1 N–H and O–H groups in total. The van der Waals surface area contributed by atoms with Crippen LogP contribution in [0.15, 0.2) is 79.1 Å². The van der Waals surface area contributed by atoms with E-state index in [1.54, 1.807) is 67.0 Å². The van der Waals surface area contributed by atoms with E-state index in [1.807, 2.05) is 0 Å². The van der Waals surface area contributed by atoms with E-state index in [0.29, 0.717) is 56.4 Å². The highest BCUT2D eigenvalue weighted by atomic mass is 35.5. The smallest absolute Gasteiger partial charge is 0.414 e. The fourth-order valence-corrected chi connectivity index (χ4v) is 6.99. The summed E-state index contributed by atoms with van der Waals surface area (Å²) in [5.74, 6) is 0.198. The molecule has 0 unspecified atom stereocenters. The second kappa shape index (κ2) is 15.4. The summed E-state index contributed by atoms with van der Waals surface area (Å²) in [4.78, 5) is 34.0. The van der Waals surface area contributed by atoms with E-state index < -0.39 is 24.0 Å². The molecule has 0 aliphatic carbocycles. The maximum absolute atomic E-state index is 14.4. The van der Waals surface area contributed by atoms with Gasteiger partial charge in [0.15, 0.2) is 23.9 Å². The molecule has 3 fully saturated rings. The predicted octanol–water partition coefficient (Wildman–Crippen LogP) is 7.34. The van der Waals surface area contributed by atoms with Gasteiger partial charge in [-0.1, -0.05) is 47.5 Å². The molecule has 3 aromatic carbocycles. The zero-order valence-electron chi connectivity index (χ0n) is 27.2. The van der Waals surface area contributed by atoms with Crippen molar-refractivity contribution in [2.75, 3.05) is 38.8 Å². The Morgan fingerprint density at radius 3 is 2.37 bits per heavy atom. The Morgan fingerprint density at radius 1 is 0.959 bits per heavy atom. The van der Waals surface area contributed by atoms with Crippen molar-refractivity contribution in [2.24, 2.45) is 5.92 Å². The normalized spacial score (nSPS) is 18.8. The molecule has 4 heterocycles. The zero-order valence-corrected chi connectivity index (χ0v) is 28.7. The van der Waals surface area contributed by atoms with E-state index in [1.165, 1.54) is 31.3 Å². The maximum Gasteiger partial charge on any atom is 0.414 e. The van der Waals surface area contributed by atoms with Gasteiger partial charge in [0.25, 0.3) is 0 Å². The maximum atomic E-state index is 14.4. The van der Waals surface area contributed by atoms with Crippen LogP contribution < -0.4 is 19.4 Å². The quantitative estimate of drug-likeness (QED) is 0.151. The van der Waals surface area contributed by atoms with Gasteiger partial charge in [-0.2, -0.15) is 0 Å². The van der Waals surface area contributed by atoms with Gasteiger partial charge in [0.1, 0.15) is 28.1 Å². The number of rotatable bonds is 11. The first-order valence-corrected chi connectivity index (χ1v) is 16.8. The van der Waals surface area contributed by atoms with Crippen LogP contribution in [-0.2, 0) is 22.4 Å². The number of halogens is 3. The monoisotopic (exact) mass is 708 g/mol. The van der Waals surface area contributed by atoms with Crippen LogP contribution in [0.5, 0.6) is 11.5 Å². The third kappa shape index (κ3) is 8.09. The van der Waals surface area contributed by atoms with Gasteiger partial charge in [-0.15, -0.1) is 0 Å². The van der Waals surface area contributed by atoms with Gasteiger partial charge in [0, 0.05) is 18.5 Å². The lowest BCUT2D eigenvalue weighted by Gasteiger charge is -2.44. The Hall–Kier alpha value is -4.38. The molecule has 1 amide bonds.